The highest BCUT2D eigenvalue weighted by molar-refractivity contribution is 5.74. The van der Waals surface area contributed by atoms with Gasteiger partial charge in [0.1, 0.15) is 11.3 Å². The molecule has 1 saturated heterocycles. The minimum Gasteiger partial charge on any atom is -0.336 e. The predicted molar refractivity (Wildman–Crippen MR) is 103 cm³/mol. The van der Waals surface area contributed by atoms with Crippen molar-refractivity contribution < 1.29 is 4.79 Å². The molecule has 7 heteroatoms. The van der Waals surface area contributed by atoms with E-state index in [1.807, 2.05) is 37.1 Å². The SMILES string of the molecule is CC(C)NC(=O)N1CCN(CCn2c(C(C)C)nc3cccnc32)CC1. The molecule has 142 valence electrons. The van der Waals surface area contributed by atoms with Gasteiger partial charge in [-0.25, -0.2) is 14.8 Å². The van der Waals surface area contributed by atoms with Gasteiger partial charge in [0.25, 0.3) is 0 Å². The minimum absolute atomic E-state index is 0.0477. The number of carbonyl (C=O) groups excluding carboxylic acids is 1. The largest absolute Gasteiger partial charge is 0.336 e. The van der Waals surface area contributed by atoms with Crippen LogP contribution in [0.3, 0.4) is 0 Å². The van der Waals surface area contributed by atoms with Crippen LogP contribution in [0, 0.1) is 0 Å². The van der Waals surface area contributed by atoms with Crippen LogP contribution in [0.1, 0.15) is 39.4 Å². The molecule has 2 aromatic heterocycles. The zero-order valence-corrected chi connectivity index (χ0v) is 16.3. The molecule has 0 bridgehead atoms. The number of rotatable bonds is 5. The highest BCUT2D eigenvalue weighted by Crippen LogP contribution is 2.20. The molecule has 1 aliphatic rings. The van der Waals surface area contributed by atoms with E-state index in [0.717, 1.165) is 56.3 Å². The first-order chi connectivity index (χ1) is 12.5. The van der Waals surface area contributed by atoms with Crippen LogP contribution in [-0.4, -0.2) is 69.1 Å². The maximum Gasteiger partial charge on any atom is 0.317 e. The summed E-state index contributed by atoms with van der Waals surface area (Å²) in [5.74, 6) is 1.45. The number of pyridine rings is 1. The first-order valence-electron chi connectivity index (χ1n) is 9.54. The minimum atomic E-state index is 0.0477. The Morgan fingerprint density at radius 2 is 1.88 bits per heavy atom. The fourth-order valence-electron chi connectivity index (χ4n) is 3.39. The fraction of sp³-hybridized carbons (Fsp3) is 0.632. The van der Waals surface area contributed by atoms with Crippen molar-refractivity contribution in [1.29, 1.82) is 0 Å². The summed E-state index contributed by atoms with van der Waals surface area (Å²) in [4.78, 5) is 25.7. The van der Waals surface area contributed by atoms with Gasteiger partial charge in [-0.2, -0.15) is 0 Å². The summed E-state index contributed by atoms with van der Waals surface area (Å²) in [5, 5.41) is 2.97. The lowest BCUT2D eigenvalue weighted by Crippen LogP contribution is -2.53. The topological polar surface area (TPSA) is 66.3 Å². The number of nitrogens with zero attached hydrogens (tertiary/aromatic N) is 5. The molecule has 0 spiro atoms. The first kappa shape index (κ1) is 18.6. The quantitative estimate of drug-likeness (QED) is 0.891. The van der Waals surface area contributed by atoms with Gasteiger partial charge < -0.3 is 14.8 Å². The molecule has 2 aromatic rings. The zero-order valence-electron chi connectivity index (χ0n) is 16.3. The number of piperazine rings is 1. The van der Waals surface area contributed by atoms with Crippen molar-refractivity contribution in [3.8, 4) is 0 Å². The number of urea groups is 1. The van der Waals surface area contributed by atoms with E-state index in [9.17, 15) is 4.79 Å². The monoisotopic (exact) mass is 358 g/mol. The van der Waals surface area contributed by atoms with Crippen molar-refractivity contribution in [3.63, 3.8) is 0 Å². The van der Waals surface area contributed by atoms with Crippen LogP contribution >= 0.6 is 0 Å². The van der Waals surface area contributed by atoms with Crippen molar-refractivity contribution in [2.45, 2.75) is 46.2 Å². The van der Waals surface area contributed by atoms with Gasteiger partial charge in [0.15, 0.2) is 5.65 Å². The molecule has 0 atom stereocenters. The van der Waals surface area contributed by atoms with E-state index in [1.54, 1.807) is 0 Å². The average Bonchev–Trinajstić information content (AvgIpc) is 2.99. The van der Waals surface area contributed by atoms with Gasteiger partial charge >= 0.3 is 6.03 Å². The molecule has 3 heterocycles. The highest BCUT2D eigenvalue weighted by atomic mass is 16.2. The summed E-state index contributed by atoms with van der Waals surface area (Å²) in [7, 11) is 0. The number of imidazole rings is 1. The van der Waals surface area contributed by atoms with Crippen molar-refractivity contribution in [2.24, 2.45) is 0 Å². The summed E-state index contributed by atoms with van der Waals surface area (Å²) in [5.41, 5.74) is 1.93. The molecule has 3 rings (SSSR count). The smallest absolute Gasteiger partial charge is 0.317 e. The second-order valence-corrected chi connectivity index (χ2v) is 7.56. The van der Waals surface area contributed by atoms with Crippen molar-refractivity contribution in [2.75, 3.05) is 32.7 Å². The van der Waals surface area contributed by atoms with Crippen LogP contribution in [0.2, 0.25) is 0 Å². The molecule has 1 N–H and O–H groups in total. The number of hydrogen-bond donors (Lipinski definition) is 1. The molecule has 1 fully saturated rings. The number of aromatic nitrogens is 3. The van der Waals surface area contributed by atoms with Gasteiger partial charge in [0.05, 0.1) is 0 Å². The lowest BCUT2D eigenvalue weighted by Gasteiger charge is -2.35. The summed E-state index contributed by atoms with van der Waals surface area (Å²) in [6, 6.07) is 4.19. The van der Waals surface area contributed by atoms with Crippen LogP contribution in [0.25, 0.3) is 11.2 Å². The molecule has 2 amide bonds. The lowest BCUT2D eigenvalue weighted by molar-refractivity contribution is 0.135. The molecule has 0 saturated carbocycles. The summed E-state index contributed by atoms with van der Waals surface area (Å²) in [6.07, 6.45) is 1.83. The van der Waals surface area contributed by atoms with Gasteiger partial charge in [-0.3, -0.25) is 4.90 Å². The Hall–Kier alpha value is -2.15. The molecular weight excluding hydrogens is 328 g/mol. The van der Waals surface area contributed by atoms with E-state index < -0.39 is 0 Å². The second-order valence-electron chi connectivity index (χ2n) is 7.56. The maximum atomic E-state index is 12.1. The number of fused-ring (bicyclic) bond motifs is 1. The molecule has 0 unspecified atom stereocenters. The van der Waals surface area contributed by atoms with Gasteiger partial charge in [-0.1, -0.05) is 13.8 Å². The molecule has 0 aromatic carbocycles. The van der Waals surface area contributed by atoms with Gasteiger partial charge in [0, 0.05) is 57.4 Å². The number of amides is 2. The molecule has 1 aliphatic heterocycles. The predicted octanol–water partition coefficient (Wildman–Crippen LogP) is 2.29. The Bertz CT molecular complexity index is 746. The summed E-state index contributed by atoms with van der Waals surface area (Å²) in [6.45, 7) is 13.5. The third kappa shape index (κ3) is 4.15. The Balaban J connectivity index is 1.60. The third-order valence-electron chi connectivity index (χ3n) is 4.76. The average molecular weight is 358 g/mol. The Labute approximate surface area is 155 Å². The number of carbonyl (C=O) groups is 1. The Morgan fingerprint density at radius 1 is 1.15 bits per heavy atom. The van der Waals surface area contributed by atoms with Crippen LogP contribution < -0.4 is 5.32 Å². The van der Waals surface area contributed by atoms with Crippen molar-refractivity contribution in [3.05, 3.63) is 24.2 Å². The molecule has 26 heavy (non-hydrogen) atoms. The van der Waals surface area contributed by atoms with E-state index in [1.165, 1.54) is 0 Å². The first-order valence-corrected chi connectivity index (χ1v) is 9.54. The van der Waals surface area contributed by atoms with Gasteiger partial charge in [0.2, 0.25) is 0 Å². The van der Waals surface area contributed by atoms with Crippen LogP contribution in [0.5, 0.6) is 0 Å². The van der Waals surface area contributed by atoms with E-state index in [4.69, 9.17) is 4.98 Å². The molecule has 7 nitrogen and oxygen atoms in total. The standard InChI is InChI=1S/C19H30N6O/c1-14(2)17-22-16-6-5-7-20-18(16)25(17)13-10-23-8-11-24(12-9-23)19(26)21-15(3)4/h5-7,14-15H,8-13H2,1-4H3,(H,21,26). The van der Waals surface area contributed by atoms with Gasteiger partial charge in [-0.05, 0) is 26.0 Å². The van der Waals surface area contributed by atoms with E-state index in [2.05, 4.69) is 33.6 Å². The fourth-order valence-corrected chi connectivity index (χ4v) is 3.39. The molecule has 0 radical (unpaired) electrons. The van der Waals surface area contributed by atoms with Gasteiger partial charge in [-0.15, -0.1) is 0 Å². The molecular formula is C19H30N6O. The van der Waals surface area contributed by atoms with Crippen LogP contribution in [0.15, 0.2) is 18.3 Å². The van der Waals surface area contributed by atoms with Crippen LogP contribution in [-0.2, 0) is 6.54 Å². The van der Waals surface area contributed by atoms with Crippen molar-refractivity contribution >= 4 is 17.2 Å². The van der Waals surface area contributed by atoms with E-state index in [0.29, 0.717) is 5.92 Å². The van der Waals surface area contributed by atoms with E-state index >= 15 is 0 Å². The number of nitrogens with one attached hydrogen (secondary N) is 1. The Kier molecular flexibility index (Phi) is 5.76. The zero-order chi connectivity index (χ0) is 18.7. The normalized spacial score (nSPS) is 16.0. The lowest BCUT2D eigenvalue weighted by atomic mass is 10.2. The second kappa shape index (κ2) is 8.03. The summed E-state index contributed by atoms with van der Waals surface area (Å²) < 4.78 is 2.25. The van der Waals surface area contributed by atoms with E-state index in [-0.39, 0.29) is 12.1 Å². The third-order valence-corrected chi connectivity index (χ3v) is 4.76. The maximum absolute atomic E-state index is 12.1. The molecule has 0 aliphatic carbocycles. The Morgan fingerprint density at radius 3 is 2.54 bits per heavy atom. The highest BCUT2D eigenvalue weighted by Gasteiger charge is 2.22. The number of hydrogen-bond acceptors (Lipinski definition) is 4. The van der Waals surface area contributed by atoms with Crippen molar-refractivity contribution in [1.82, 2.24) is 29.7 Å². The van der Waals surface area contributed by atoms with Crippen LogP contribution in [0.4, 0.5) is 4.79 Å². The summed E-state index contributed by atoms with van der Waals surface area (Å²) >= 11 is 0.